The number of rotatable bonds is 2. The average Bonchev–Trinajstić information content (AvgIpc) is 2.54. The van der Waals surface area contributed by atoms with Gasteiger partial charge in [-0.2, -0.15) is 5.26 Å². The van der Waals surface area contributed by atoms with E-state index in [2.05, 4.69) is 41.3 Å². The Morgan fingerprint density at radius 2 is 1.45 bits per heavy atom. The van der Waals surface area contributed by atoms with E-state index in [1.165, 1.54) is 10.8 Å². The molecule has 2 heteroatoms. The van der Waals surface area contributed by atoms with Crippen LogP contribution in [0.5, 0.6) is 0 Å². The van der Waals surface area contributed by atoms with Crippen LogP contribution < -0.4 is 4.90 Å². The zero-order valence-corrected chi connectivity index (χ0v) is 11.2. The number of hydrogen-bond donors (Lipinski definition) is 0. The molecule has 96 valence electrons. The van der Waals surface area contributed by atoms with E-state index in [-0.39, 0.29) is 0 Å². The van der Waals surface area contributed by atoms with Gasteiger partial charge in [0.1, 0.15) is 0 Å². The molecule has 3 rings (SSSR count). The van der Waals surface area contributed by atoms with Crippen LogP contribution in [0, 0.1) is 11.3 Å². The van der Waals surface area contributed by atoms with Crippen LogP contribution in [-0.4, -0.2) is 7.05 Å². The third kappa shape index (κ3) is 2.22. The molecule has 0 aliphatic carbocycles. The molecule has 0 fully saturated rings. The third-order valence-corrected chi connectivity index (χ3v) is 3.50. The fourth-order valence-corrected chi connectivity index (χ4v) is 2.29. The van der Waals surface area contributed by atoms with Gasteiger partial charge < -0.3 is 4.90 Å². The number of anilines is 2. The molecule has 2 nitrogen and oxygen atoms in total. The van der Waals surface area contributed by atoms with Crippen LogP contribution in [-0.2, 0) is 0 Å². The number of fused-ring (bicyclic) bond motifs is 1. The molecule has 3 aromatic carbocycles. The summed E-state index contributed by atoms with van der Waals surface area (Å²) < 4.78 is 0. The molecule has 0 aliphatic rings. The summed E-state index contributed by atoms with van der Waals surface area (Å²) in [5, 5.41) is 11.3. The Labute approximate surface area is 118 Å². The Bertz CT molecular complexity index is 782. The molecular formula is C18H14N2. The van der Waals surface area contributed by atoms with Crippen LogP contribution in [0.4, 0.5) is 11.4 Å². The van der Waals surface area contributed by atoms with Gasteiger partial charge in [-0.1, -0.05) is 30.3 Å². The van der Waals surface area contributed by atoms with Gasteiger partial charge in [0.2, 0.25) is 0 Å². The molecule has 0 radical (unpaired) electrons. The lowest BCUT2D eigenvalue weighted by Gasteiger charge is -2.20. The van der Waals surface area contributed by atoms with E-state index in [0.717, 1.165) is 11.4 Å². The molecule has 0 saturated heterocycles. The Kier molecular flexibility index (Phi) is 3.10. The first-order valence-corrected chi connectivity index (χ1v) is 6.50. The molecular weight excluding hydrogens is 244 g/mol. The van der Waals surface area contributed by atoms with Crippen molar-refractivity contribution in [2.24, 2.45) is 0 Å². The zero-order chi connectivity index (χ0) is 13.9. The maximum absolute atomic E-state index is 8.84. The van der Waals surface area contributed by atoms with Crippen molar-refractivity contribution >= 4 is 22.1 Å². The normalized spacial score (nSPS) is 10.2. The SMILES string of the molecule is CN(c1ccc(C#N)cc1)c1ccc2ccccc2c1. The molecule has 0 unspecified atom stereocenters. The molecule has 0 bridgehead atoms. The van der Waals surface area contributed by atoms with E-state index < -0.39 is 0 Å². The van der Waals surface area contributed by atoms with Crippen molar-refractivity contribution < 1.29 is 0 Å². The number of nitrogens with zero attached hydrogens (tertiary/aromatic N) is 2. The van der Waals surface area contributed by atoms with Crippen molar-refractivity contribution in [1.82, 2.24) is 0 Å². The van der Waals surface area contributed by atoms with Crippen LogP contribution in [0.15, 0.2) is 66.7 Å². The van der Waals surface area contributed by atoms with E-state index in [9.17, 15) is 0 Å². The molecule has 0 saturated carbocycles. The first-order valence-electron chi connectivity index (χ1n) is 6.50. The van der Waals surface area contributed by atoms with Crippen molar-refractivity contribution in [3.05, 3.63) is 72.3 Å². The fourth-order valence-electron chi connectivity index (χ4n) is 2.29. The van der Waals surface area contributed by atoms with Crippen molar-refractivity contribution in [2.45, 2.75) is 0 Å². The van der Waals surface area contributed by atoms with E-state index in [1.54, 1.807) is 0 Å². The van der Waals surface area contributed by atoms with Crippen molar-refractivity contribution in [1.29, 1.82) is 5.26 Å². The minimum atomic E-state index is 0.681. The number of benzene rings is 3. The van der Waals surface area contributed by atoms with Gasteiger partial charge in [-0.25, -0.2) is 0 Å². The highest BCUT2D eigenvalue weighted by molar-refractivity contribution is 5.86. The smallest absolute Gasteiger partial charge is 0.0991 e. The van der Waals surface area contributed by atoms with Crippen LogP contribution >= 0.6 is 0 Å². The van der Waals surface area contributed by atoms with Crippen molar-refractivity contribution in [2.75, 3.05) is 11.9 Å². The summed E-state index contributed by atoms with van der Waals surface area (Å²) in [7, 11) is 2.03. The lowest BCUT2D eigenvalue weighted by atomic mass is 10.1. The van der Waals surface area contributed by atoms with Crippen LogP contribution in [0.3, 0.4) is 0 Å². The molecule has 0 aromatic heterocycles. The van der Waals surface area contributed by atoms with E-state index in [0.29, 0.717) is 5.56 Å². The largest absolute Gasteiger partial charge is 0.345 e. The molecule has 0 atom stereocenters. The summed E-state index contributed by atoms with van der Waals surface area (Å²) in [5.74, 6) is 0. The summed E-state index contributed by atoms with van der Waals surface area (Å²) in [4.78, 5) is 2.12. The lowest BCUT2D eigenvalue weighted by Crippen LogP contribution is -2.09. The van der Waals surface area contributed by atoms with Crippen molar-refractivity contribution in [3.8, 4) is 6.07 Å². The molecule has 0 heterocycles. The second-order valence-corrected chi connectivity index (χ2v) is 4.75. The highest BCUT2D eigenvalue weighted by Gasteiger charge is 2.04. The molecule has 3 aromatic rings. The molecule has 0 N–H and O–H groups in total. The van der Waals surface area contributed by atoms with Gasteiger partial charge in [0, 0.05) is 18.4 Å². The van der Waals surface area contributed by atoms with Gasteiger partial charge in [-0.3, -0.25) is 0 Å². The summed E-state index contributed by atoms with van der Waals surface area (Å²) >= 11 is 0. The predicted molar refractivity (Wildman–Crippen MR) is 83.2 cm³/mol. The fraction of sp³-hybridized carbons (Fsp3) is 0.0556. The summed E-state index contributed by atoms with van der Waals surface area (Å²) in [5.41, 5.74) is 2.88. The Morgan fingerprint density at radius 3 is 2.15 bits per heavy atom. The molecule has 0 aliphatic heterocycles. The first-order chi connectivity index (χ1) is 9.78. The second kappa shape index (κ2) is 5.07. The number of nitriles is 1. The van der Waals surface area contributed by atoms with Crippen LogP contribution in [0.2, 0.25) is 0 Å². The Morgan fingerprint density at radius 1 is 0.800 bits per heavy atom. The van der Waals surface area contributed by atoms with Crippen LogP contribution in [0.1, 0.15) is 5.56 Å². The van der Waals surface area contributed by atoms with E-state index >= 15 is 0 Å². The maximum Gasteiger partial charge on any atom is 0.0991 e. The third-order valence-electron chi connectivity index (χ3n) is 3.50. The highest BCUT2D eigenvalue weighted by Crippen LogP contribution is 2.27. The van der Waals surface area contributed by atoms with Gasteiger partial charge in [0.25, 0.3) is 0 Å². The Balaban J connectivity index is 1.98. The maximum atomic E-state index is 8.84. The van der Waals surface area contributed by atoms with Gasteiger partial charge in [-0.05, 0) is 47.2 Å². The molecule has 0 amide bonds. The van der Waals surface area contributed by atoms with Gasteiger partial charge >= 0.3 is 0 Å². The van der Waals surface area contributed by atoms with Crippen molar-refractivity contribution in [3.63, 3.8) is 0 Å². The minimum Gasteiger partial charge on any atom is -0.345 e. The molecule has 0 spiro atoms. The predicted octanol–water partition coefficient (Wildman–Crippen LogP) is 4.48. The summed E-state index contributed by atoms with van der Waals surface area (Å²) in [6.45, 7) is 0. The van der Waals surface area contributed by atoms with Crippen LogP contribution in [0.25, 0.3) is 10.8 Å². The van der Waals surface area contributed by atoms with Gasteiger partial charge in [-0.15, -0.1) is 0 Å². The van der Waals surface area contributed by atoms with E-state index in [1.807, 2.05) is 43.4 Å². The second-order valence-electron chi connectivity index (χ2n) is 4.75. The number of hydrogen-bond acceptors (Lipinski definition) is 2. The van der Waals surface area contributed by atoms with E-state index in [4.69, 9.17) is 5.26 Å². The lowest BCUT2D eigenvalue weighted by molar-refractivity contribution is 1.21. The minimum absolute atomic E-state index is 0.681. The molecule has 20 heavy (non-hydrogen) atoms. The standard InChI is InChI=1S/C18H14N2/c1-20(17-9-6-14(13-19)7-10-17)18-11-8-15-4-2-3-5-16(15)12-18/h2-12H,1H3. The zero-order valence-electron chi connectivity index (χ0n) is 11.2. The monoisotopic (exact) mass is 258 g/mol. The highest BCUT2D eigenvalue weighted by atomic mass is 15.1. The summed E-state index contributed by atoms with van der Waals surface area (Å²) in [6.07, 6.45) is 0. The topological polar surface area (TPSA) is 27.0 Å². The van der Waals surface area contributed by atoms with Gasteiger partial charge in [0.05, 0.1) is 11.6 Å². The summed E-state index contributed by atoms with van der Waals surface area (Å²) in [6, 6.07) is 24.5. The average molecular weight is 258 g/mol. The quantitative estimate of drug-likeness (QED) is 0.677. The first kappa shape index (κ1) is 12.3. The Hall–Kier alpha value is -2.79. The van der Waals surface area contributed by atoms with Gasteiger partial charge in [0.15, 0.2) is 0 Å².